The number of nitrogens with one attached hydrogen (secondary N) is 1. The van der Waals surface area contributed by atoms with E-state index in [1.807, 2.05) is 31.5 Å². The van der Waals surface area contributed by atoms with Crippen molar-refractivity contribution in [3.8, 4) is 0 Å². The third-order valence-corrected chi connectivity index (χ3v) is 4.99. The van der Waals surface area contributed by atoms with Gasteiger partial charge in [0.1, 0.15) is 18.2 Å². The Balaban J connectivity index is 0.00000300. The summed E-state index contributed by atoms with van der Waals surface area (Å²) in [7, 11) is 1.94. The van der Waals surface area contributed by atoms with Crippen LogP contribution >= 0.6 is 24.0 Å². The van der Waals surface area contributed by atoms with E-state index in [0.717, 1.165) is 55.7 Å². The zero-order chi connectivity index (χ0) is 19.9. The Morgan fingerprint density at radius 1 is 1.31 bits per heavy atom. The van der Waals surface area contributed by atoms with Gasteiger partial charge in [-0.1, -0.05) is 6.07 Å². The van der Waals surface area contributed by atoms with Crippen LogP contribution in [0.4, 0.5) is 4.39 Å². The molecule has 2 heterocycles. The van der Waals surface area contributed by atoms with E-state index in [0.29, 0.717) is 19.7 Å². The lowest BCUT2D eigenvalue weighted by Crippen LogP contribution is -2.44. The fourth-order valence-corrected chi connectivity index (χ4v) is 3.23. The summed E-state index contributed by atoms with van der Waals surface area (Å²) in [6.45, 7) is 8.04. The van der Waals surface area contributed by atoms with Crippen molar-refractivity contribution in [2.75, 3.05) is 26.3 Å². The molecule has 1 aliphatic rings. The summed E-state index contributed by atoms with van der Waals surface area (Å²) in [4.78, 5) is 6.95. The first kappa shape index (κ1) is 23.5. The molecule has 0 amide bonds. The Labute approximate surface area is 188 Å². The Morgan fingerprint density at radius 3 is 2.86 bits per heavy atom. The number of benzene rings is 1. The normalized spacial score (nSPS) is 13.8. The van der Waals surface area contributed by atoms with E-state index in [9.17, 15) is 4.39 Å². The van der Waals surface area contributed by atoms with Gasteiger partial charge in [0, 0.05) is 39.9 Å². The Bertz CT molecular complexity index is 825. The van der Waals surface area contributed by atoms with Crippen molar-refractivity contribution >= 4 is 29.9 Å². The highest BCUT2D eigenvalue weighted by atomic mass is 127. The average molecular weight is 516 g/mol. The van der Waals surface area contributed by atoms with E-state index < -0.39 is 0 Å². The van der Waals surface area contributed by atoms with E-state index in [4.69, 9.17) is 9.73 Å². The van der Waals surface area contributed by atoms with Crippen molar-refractivity contribution in [1.82, 2.24) is 25.0 Å². The van der Waals surface area contributed by atoms with Gasteiger partial charge in [0.25, 0.3) is 0 Å². The topological polar surface area (TPSA) is 67.6 Å². The van der Waals surface area contributed by atoms with Gasteiger partial charge in [-0.3, -0.25) is 0 Å². The van der Waals surface area contributed by atoms with Crippen LogP contribution in [-0.2, 0) is 31.3 Å². The molecule has 7 nitrogen and oxygen atoms in total. The third-order valence-electron chi connectivity index (χ3n) is 4.99. The summed E-state index contributed by atoms with van der Waals surface area (Å²) in [6.07, 6.45) is 1.77. The summed E-state index contributed by atoms with van der Waals surface area (Å²) < 4.78 is 21.0. The maximum atomic E-state index is 13.7. The number of hydrogen-bond donors (Lipinski definition) is 1. The van der Waals surface area contributed by atoms with Gasteiger partial charge in [-0.25, -0.2) is 9.38 Å². The van der Waals surface area contributed by atoms with Crippen LogP contribution in [-0.4, -0.2) is 51.9 Å². The van der Waals surface area contributed by atoms with Crippen LogP contribution in [0.25, 0.3) is 0 Å². The molecule has 0 atom stereocenters. The number of fused-ring (bicyclic) bond motifs is 1. The van der Waals surface area contributed by atoms with Gasteiger partial charge in [0.15, 0.2) is 11.8 Å². The van der Waals surface area contributed by atoms with E-state index in [1.165, 1.54) is 11.6 Å². The van der Waals surface area contributed by atoms with Crippen molar-refractivity contribution in [2.45, 2.75) is 39.8 Å². The lowest BCUT2D eigenvalue weighted by Gasteiger charge is -2.32. The molecule has 160 valence electrons. The number of nitrogens with zero attached hydrogens (tertiary/aromatic N) is 5. The first-order valence-corrected chi connectivity index (χ1v) is 9.81. The van der Waals surface area contributed by atoms with Crippen molar-refractivity contribution in [2.24, 2.45) is 12.0 Å². The zero-order valence-corrected chi connectivity index (χ0v) is 19.6. The lowest BCUT2D eigenvalue weighted by molar-refractivity contribution is 0.145. The van der Waals surface area contributed by atoms with Crippen LogP contribution in [0, 0.1) is 12.7 Å². The van der Waals surface area contributed by atoms with Crippen molar-refractivity contribution in [3.05, 3.63) is 46.8 Å². The van der Waals surface area contributed by atoms with E-state index in [1.54, 1.807) is 6.07 Å². The third kappa shape index (κ3) is 6.36. The van der Waals surface area contributed by atoms with Crippen LogP contribution < -0.4 is 5.32 Å². The second-order valence-electron chi connectivity index (χ2n) is 6.92. The number of hydrogen-bond acceptors (Lipinski definition) is 4. The number of guanidine groups is 1. The number of halogens is 2. The van der Waals surface area contributed by atoms with Gasteiger partial charge in [-0.2, -0.15) is 0 Å². The summed E-state index contributed by atoms with van der Waals surface area (Å²) in [6, 6.07) is 5.04. The second-order valence-corrected chi connectivity index (χ2v) is 6.92. The molecule has 29 heavy (non-hydrogen) atoms. The number of aromatic nitrogens is 3. The Morgan fingerprint density at radius 2 is 2.14 bits per heavy atom. The smallest absolute Gasteiger partial charge is 0.194 e. The van der Waals surface area contributed by atoms with Gasteiger partial charge >= 0.3 is 0 Å². The second kappa shape index (κ2) is 11.4. The van der Waals surface area contributed by atoms with Gasteiger partial charge in [-0.05, 0) is 49.9 Å². The zero-order valence-electron chi connectivity index (χ0n) is 17.3. The number of aliphatic imine (C=N–C) groups is 1. The van der Waals surface area contributed by atoms with Gasteiger partial charge in [0.05, 0.1) is 0 Å². The largest absolute Gasteiger partial charge is 0.382 e. The number of aryl methyl sites for hydroxylation is 1. The fraction of sp³-hybridized carbons (Fsp3) is 0.550. The highest BCUT2D eigenvalue weighted by Gasteiger charge is 2.20. The van der Waals surface area contributed by atoms with Gasteiger partial charge in [-0.15, -0.1) is 34.2 Å². The molecule has 0 bridgehead atoms. The molecule has 0 unspecified atom stereocenters. The van der Waals surface area contributed by atoms with Crippen molar-refractivity contribution in [1.29, 1.82) is 0 Å². The quantitative estimate of drug-likeness (QED) is 0.266. The molecule has 0 fully saturated rings. The molecule has 0 aliphatic carbocycles. The van der Waals surface area contributed by atoms with Gasteiger partial charge < -0.3 is 19.5 Å². The van der Waals surface area contributed by atoms with Crippen molar-refractivity contribution < 1.29 is 9.13 Å². The summed E-state index contributed by atoms with van der Waals surface area (Å²) in [5.74, 6) is 2.29. The van der Waals surface area contributed by atoms with Crippen LogP contribution in [0.15, 0.2) is 23.2 Å². The molecule has 1 aromatic heterocycles. The molecular weight excluding hydrogens is 486 g/mol. The SMILES string of the molecule is CCOCCCNC(=NCc1nnc(C)n1C)N1CCc2ccc(F)cc2C1.I. The molecule has 3 rings (SSSR count). The average Bonchev–Trinajstić information content (AvgIpc) is 3.01. The van der Waals surface area contributed by atoms with Crippen molar-refractivity contribution in [3.63, 3.8) is 0 Å². The molecular formula is C20H30FIN6O. The van der Waals surface area contributed by atoms with E-state index in [2.05, 4.69) is 20.4 Å². The molecule has 2 aromatic rings. The minimum absolute atomic E-state index is 0. The maximum absolute atomic E-state index is 13.7. The molecule has 0 spiro atoms. The molecule has 9 heteroatoms. The summed E-state index contributed by atoms with van der Waals surface area (Å²) in [5.41, 5.74) is 2.22. The molecule has 0 radical (unpaired) electrons. The van der Waals surface area contributed by atoms with Crippen LogP contribution in [0.5, 0.6) is 0 Å². The molecule has 0 saturated carbocycles. The molecule has 1 aliphatic heterocycles. The minimum Gasteiger partial charge on any atom is -0.382 e. The summed E-state index contributed by atoms with van der Waals surface area (Å²) in [5, 5.41) is 11.7. The molecule has 0 saturated heterocycles. The van der Waals surface area contributed by atoms with Crippen LogP contribution in [0.1, 0.15) is 36.1 Å². The molecule has 1 N–H and O–H groups in total. The predicted octanol–water partition coefficient (Wildman–Crippen LogP) is 2.81. The van der Waals surface area contributed by atoms with Crippen LogP contribution in [0.3, 0.4) is 0 Å². The van der Waals surface area contributed by atoms with Gasteiger partial charge in [0.2, 0.25) is 0 Å². The Kier molecular flexibility index (Phi) is 9.28. The highest BCUT2D eigenvalue weighted by Crippen LogP contribution is 2.20. The van der Waals surface area contributed by atoms with E-state index >= 15 is 0 Å². The monoisotopic (exact) mass is 516 g/mol. The molecule has 1 aromatic carbocycles. The number of rotatable bonds is 7. The van der Waals surface area contributed by atoms with E-state index in [-0.39, 0.29) is 29.8 Å². The maximum Gasteiger partial charge on any atom is 0.194 e. The first-order chi connectivity index (χ1) is 13.6. The number of ether oxygens (including phenoxy) is 1. The van der Waals surface area contributed by atoms with Crippen LogP contribution in [0.2, 0.25) is 0 Å². The summed E-state index contributed by atoms with van der Waals surface area (Å²) >= 11 is 0. The predicted molar refractivity (Wildman–Crippen MR) is 122 cm³/mol. The fourth-order valence-electron chi connectivity index (χ4n) is 3.23. The lowest BCUT2D eigenvalue weighted by atomic mass is 10.00. The standard InChI is InChI=1S/C20H29FN6O.HI/c1-4-28-11-5-9-22-20(23-13-19-25-24-15(2)26(19)3)27-10-8-16-6-7-18(21)12-17(16)14-27;/h6-7,12H,4-5,8-11,13-14H2,1-3H3,(H,22,23);1H. The highest BCUT2D eigenvalue weighted by molar-refractivity contribution is 14.0. The Hall–Kier alpha value is -1.75. The first-order valence-electron chi connectivity index (χ1n) is 9.81. The minimum atomic E-state index is -0.196.